The summed E-state index contributed by atoms with van der Waals surface area (Å²) in [6.07, 6.45) is 0. The molecule has 1 amide bonds. The zero-order valence-corrected chi connectivity index (χ0v) is 8.60. The van der Waals surface area contributed by atoms with Gasteiger partial charge in [-0.05, 0) is 38.5 Å². The van der Waals surface area contributed by atoms with Crippen LogP contribution in [0, 0.1) is 12.7 Å². The first-order valence-electron chi connectivity index (χ1n) is 4.57. The Morgan fingerprint density at radius 1 is 1.43 bits per heavy atom. The topological polar surface area (TPSA) is 29.1 Å². The van der Waals surface area contributed by atoms with Crippen molar-refractivity contribution >= 4 is 5.91 Å². The zero-order chi connectivity index (χ0) is 10.7. The summed E-state index contributed by atoms with van der Waals surface area (Å²) in [7, 11) is 0. The van der Waals surface area contributed by atoms with Gasteiger partial charge >= 0.3 is 0 Å². The van der Waals surface area contributed by atoms with Crippen molar-refractivity contribution in [3.8, 4) is 0 Å². The summed E-state index contributed by atoms with van der Waals surface area (Å²) in [6, 6.07) is 4.60. The first-order valence-corrected chi connectivity index (χ1v) is 4.57. The Morgan fingerprint density at radius 3 is 2.57 bits per heavy atom. The number of hydrogen-bond donors (Lipinski definition) is 1. The van der Waals surface area contributed by atoms with Crippen LogP contribution in [0.15, 0.2) is 18.2 Å². The molecule has 0 aliphatic rings. The third-order valence-corrected chi connectivity index (χ3v) is 1.79. The smallest absolute Gasteiger partial charge is 0.254 e. The lowest BCUT2D eigenvalue weighted by Gasteiger charge is -2.08. The lowest BCUT2D eigenvalue weighted by molar-refractivity contribution is 0.0939. The van der Waals surface area contributed by atoms with E-state index in [2.05, 4.69) is 5.32 Å². The first-order chi connectivity index (χ1) is 6.50. The molecule has 0 aliphatic carbocycles. The summed E-state index contributed by atoms with van der Waals surface area (Å²) in [6.45, 7) is 5.46. The summed E-state index contributed by atoms with van der Waals surface area (Å²) in [5.74, 6) is -0.833. The fraction of sp³-hybridized carbons (Fsp3) is 0.364. The van der Waals surface area contributed by atoms with Crippen molar-refractivity contribution in [3.63, 3.8) is 0 Å². The number of amides is 1. The molecule has 0 saturated carbocycles. The van der Waals surface area contributed by atoms with Crippen molar-refractivity contribution < 1.29 is 9.18 Å². The number of hydrogen-bond acceptors (Lipinski definition) is 1. The molecule has 0 atom stereocenters. The van der Waals surface area contributed by atoms with Gasteiger partial charge in [0.2, 0.25) is 0 Å². The van der Waals surface area contributed by atoms with E-state index in [4.69, 9.17) is 0 Å². The molecule has 3 heteroatoms. The Hall–Kier alpha value is -1.38. The van der Waals surface area contributed by atoms with Crippen LogP contribution in [0.2, 0.25) is 0 Å². The molecule has 0 heterocycles. The van der Waals surface area contributed by atoms with E-state index in [1.54, 1.807) is 13.0 Å². The maximum absolute atomic E-state index is 13.3. The van der Waals surface area contributed by atoms with E-state index in [1.807, 2.05) is 13.8 Å². The fourth-order valence-electron chi connectivity index (χ4n) is 1.14. The van der Waals surface area contributed by atoms with Crippen LogP contribution >= 0.6 is 0 Å². The average molecular weight is 195 g/mol. The van der Waals surface area contributed by atoms with E-state index in [0.717, 1.165) is 5.56 Å². The summed E-state index contributed by atoms with van der Waals surface area (Å²) < 4.78 is 13.3. The van der Waals surface area contributed by atoms with Gasteiger partial charge in [0.1, 0.15) is 5.82 Å². The highest BCUT2D eigenvalue weighted by molar-refractivity contribution is 5.94. The lowest BCUT2D eigenvalue weighted by Crippen LogP contribution is -2.30. The van der Waals surface area contributed by atoms with Crippen LogP contribution in [-0.4, -0.2) is 11.9 Å². The van der Waals surface area contributed by atoms with Crippen molar-refractivity contribution in [1.82, 2.24) is 5.32 Å². The van der Waals surface area contributed by atoms with E-state index in [-0.39, 0.29) is 17.5 Å². The molecule has 0 bridgehead atoms. The van der Waals surface area contributed by atoms with Crippen molar-refractivity contribution in [2.45, 2.75) is 26.8 Å². The number of nitrogens with one attached hydrogen (secondary N) is 1. The van der Waals surface area contributed by atoms with Gasteiger partial charge in [-0.3, -0.25) is 4.79 Å². The summed E-state index contributed by atoms with van der Waals surface area (Å²) >= 11 is 0. The maximum Gasteiger partial charge on any atom is 0.254 e. The Kier molecular flexibility index (Phi) is 3.23. The number of aryl methyl sites for hydroxylation is 1. The second-order valence-corrected chi connectivity index (χ2v) is 3.61. The minimum absolute atomic E-state index is 0.0169. The molecule has 76 valence electrons. The van der Waals surface area contributed by atoms with Crippen LogP contribution in [0.1, 0.15) is 29.8 Å². The van der Waals surface area contributed by atoms with E-state index in [9.17, 15) is 9.18 Å². The molecule has 1 aromatic rings. The molecule has 0 radical (unpaired) electrons. The van der Waals surface area contributed by atoms with Crippen LogP contribution in [0.4, 0.5) is 4.39 Å². The van der Waals surface area contributed by atoms with Gasteiger partial charge in [-0.15, -0.1) is 0 Å². The molecule has 0 aliphatic heterocycles. The van der Waals surface area contributed by atoms with E-state index in [1.165, 1.54) is 12.1 Å². The normalized spacial score (nSPS) is 10.4. The van der Waals surface area contributed by atoms with E-state index < -0.39 is 5.82 Å². The highest BCUT2D eigenvalue weighted by Gasteiger charge is 2.11. The molecule has 0 fully saturated rings. The lowest BCUT2D eigenvalue weighted by atomic mass is 10.1. The van der Waals surface area contributed by atoms with Gasteiger partial charge < -0.3 is 5.32 Å². The monoisotopic (exact) mass is 195 g/mol. The number of carbonyl (C=O) groups is 1. The highest BCUT2D eigenvalue weighted by atomic mass is 19.1. The molecule has 1 N–H and O–H groups in total. The number of halogens is 1. The number of benzene rings is 1. The van der Waals surface area contributed by atoms with Crippen LogP contribution in [0.3, 0.4) is 0 Å². The van der Waals surface area contributed by atoms with Crippen molar-refractivity contribution in [1.29, 1.82) is 0 Å². The van der Waals surface area contributed by atoms with Gasteiger partial charge in [-0.25, -0.2) is 4.39 Å². The Balaban J connectivity index is 2.90. The van der Waals surface area contributed by atoms with E-state index >= 15 is 0 Å². The van der Waals surface area contributed by atoms with Gasteiger partial charge in [-0.1, -0.05) is 6.07 Å². The maximum atomic E-state index is 13.3. The van der Waals surface area contributed by atoms with Gasteiger partial charge in [0.15, 0.2) is 0 Å². The molecule has 0 aromatic heterocycles. The summed E-state index contributed by atoms with van der Waals surface area (Å²) in [5, 5.41) is 2.64. The number of rotatable bonds is 2. The van der Waals surface area contributed by atoms with Crippen LogP contribution < -0.4 is 5.32 Å². The molecule has 0 spiro atoms. The van der Waals surface area contributed by atoms with Crippen LogP contribution in [0.5, 0.6) is 0 Å². The van der Waals surface area contributed by atoms with Crippen molar-refractivity contribution in [2.75, 3.05) is 0 Å². The molecule has 0 unspecified atom stereocenters. The second kappa shape index (κ2) is 4.22. The van der Waals surface area contributed by atoms with Crippen LogP contribution in [-0.2, 0) is 0 Å². The molecule has 2 nitrogen and oxygen atoms in total. The van der Waals surface area contributed by atoms with Gasteiger partial charge in [-0.2, -0.15) is 0 Å². The Labute approximate surface area is 83.1 Å². The second-order valence-electron chi connectivity index (χ2n) is 3.61. The van der Waals surface area contributed by atoms with Crippen molar-refractivity contribution in [2.24, 2.45) is 0 Å². The minimum atomic E-state index is -0.469. The quantitative estimate of drug-likeness (QED) is 0.770. The summed E-state index contributed by atoms with van der Waals surface area (Å²) in [5.41, 5.74) is 0.910. The molecular weight excluding hydrogens is 181 g/mol. The third-order valence-electron chi connectivity index (χ3n) is 1.79. The minimum Gasteiger partial charge on any atom is -0.350 e. The standard InChI is InChI=1S/C11H14FNO/c1-7(2)13-11(14)9-5-4-8(3)6-10(9)12/h4-7H,1-3H3,(H,13,14). The Morgan fingerprint density at radius 2 is 2.07 bits per heavy atom. The predicted octanol–water partition coefficient (Wildman–Crippen LogP) is 2.27. The van der Waals surface area contributed by atoms with Crippen LogP contribution in [0.25, 0.3) is 0 Å². The zero-order valence-electron chi connectivity index (χ0n) is 8.60. The molecule has 1 aromatic carbocycles. The van der Waals surface area contributed by atoms with Crippen molar-refractivity contribution in [3.05, 3.63) is 35.1 Å². The Bertz CT molecular complexity index is 347. The average Bonchev–Trinajstić information content (AvgIpc) is 2.01. The first kappa shape index (κ1) is 10.7. The number of carbonyl (C=O) groups excluding carboxylic acids is 1. The van der Waals surface area contributed by atoms with E-state index in [0.29, 0.717) is 0 Å². The predicted molar refractivity (Wildman–Crippen MR) is 53.7 cm³/mol. The summed E-state index contributed by atoms with van der Waals surface area (Å²) in [4.78, 5) is 11.4. The molecule has 1 rings (SSSR count). The molecule has 0 saturated heterocycles. The van der Waals surface area contributed by atoms with Gasteiger partial charge in [0, 0.05) is 6.04 Å². The largest absolute Gasteiger partial charge is 0.350 e. The molecular formula is C11H14FNO. The SMILES string of the molecule is Cc1ccc(C(=O)NC(C)C)c(F)c1. The third kappa shape index (κ3) is 2.55. The molecule has 14 heavy (non-hydrogen) atoms. The highest BCUT2D eigenvalue weighted by Crippen LogP contribution is 2.09. The van der Waals surface area contributed by atoms with Gasteiger partial charge in [0.25, 0.3) is 5.91 Å². The van der Waals surface area contributed by atoms with Gasteiger partial charge in [0.05, 0.1) is 5.56 Å². The fourth-order valence-corrected chi connectivity index (χ4v) is 1.14.